The minimum atomic E-state index is -4.98. The third-order valence-corrected chi connectivity index (χ3v) is 0.143. The second-order valence-electron chi connectivity index (χ2n) is 0.521. The molecule has 0 saturated heterocycles. The molecule has 6 heavy (non-hydrogen) atoms. The first-order chi connectivity index (χ1) is 3.25. The van der Waals surface area contributed by atoms with Gasteiger partial charge < -0.3 is 0 Å². The summed E-state index contributed by atoms with van der Waals surface area (Å²) in [6.07, 6.45) is -9.96. The van der Waals surface area contributed by atoms with Gasteiger partial charge in [0.05, 0.1) is 0 Å². The van der Waals surface area contributed by atoms with Crippen molar-refractivity contribution < 1.29 is 20.3 Å². The first-order valence-corrected chi connectivity index (χ1v) is 1.01. The normalized spacial score (nSPS) is 19.3. The van der Waals surface area contributed by atoms with E-state index in [1.165, 1.54) is 0 Å². The Morgan fingerprint density at radius 3 is 1.17 bits per heavy atom. The van der Waals surface area contributed by atoms with Crippen LogP contribution in [0.15, 0.2) is 0 Å². The maximum atomic E-state index is 11.0. The molecule has 0 aliphatic heterocycles. The summed E-state index contributed by atoms with van der Waals surface area (Å²) in [7, 11) is 0. The van der Waals surface area contributed by atoms with Gasteiger partial charge >= 0.3 is 0 Å². The summed E-state index contributed by atoms with van der Waals surface area (Å²) < 4.78 is 54.5. The molecule has 0 rings (SSSR count). The van der Waals surface area contributed by atoms with Gasteiger partial charge in [-0.15, -0.1) is 0 Å². The van der Waals surface area contributed by atoms with Crippen molar-refractivity contribution in [1.82, 2.24) is 0 Å². The number of halogens is 4. The van der Waals surface area contributed by atoms with Gasteiger partial charge in [0.1, 0.15) is 2.74 Å². The molecule has 0 aliphatic rings. The summed E-state index contributed by atoms with van der Waals surface area (Å²) in [6.45, 7) is 0. The third-order valence-electron chi connectivity index (χ3n) is 0.143. The van der Waals surface area contributed by atoms with E-state index >= 15 is 0 Å². The lowest BCUT2D eigenvalue weighted by Crippen LogP contribution is -2.02. The first-order valence-electron chi connectivity index (χ1n) is 2.01. The van der Waals surface area contributed by atoms with Crippen LogP contribution in [0.2, 0.25) is 0 Å². The molecule has 0 heterocycles. The molecule has 0 spiro atoms. The summed E-state index contributed by atoms with van der Waals surface area (Å²) in [5.74, 6) is 0. The van der Waals surface area contributed by atoms with Gasteiger partial charge in [-0.05, 0) is 0 Å². The summed E-state index contributed by atoms with van der Waals surface area (Å²) in [5.41, 5.74) is 0. The summed E-state index contributed by atoms with van der Waals surface area (Å²) in [5, 5.41) is 0. The highest BCUT2D eigenvalue weighted by Gasteiger charge is 2.15. The number of hydrogen-bond donors (Lipinski definition) is 0. The highest BCUT2D eigenvalue weighted by molar-refractivity contribution is 4.35. The zero-order valence-corrected chi connectivity index (χ0v) is 2.51. The molecule has 0 aliphatic carbocycles. The fraction of sp³-hybridized carbons (Fsp3) is 1.00. The quantitative estimate of drug-likeness (QED) is 0.442. The van der Waals surface area contributed by atoms with Crippen LogP contribution in [-0.2, 0) is 0 Å². The van der Waals surface area contributed by atoms with Crippen LogP contribution < -0.4 is 0 Å². The van der Waals surface area contributed by atoms with Crippen molar-refractivity contribution in [2.45, 2.75) is 12.8 Å². The van der Waals surface area contributed by atoms with Crippen molar-refractivity contribution in [1.29, 1.82) is 0 Å². The molecule has 0 saturated carbocycles. The van der Waals surface area contributed by atoms with Crippen molar-refractivity contribution in [2.75, 3.05) is 0 Å². The Bertz CT molecular complexity index is 67.0. The zero-order valence-electron chi connectivity index (χ0n) is 4.51. The van der Waals surface area contributed by atoms with Crippen LogP contribution in [0.4, 0.5) is 17.6 Å². The molecule has 0 N–H and O–H groups in total. The zero-order chi connectivity index (χ0) is 7.00. The Hall–Kier alpha value is -0.280. The predicted octanol–water partition coefficient (Wildman–Crippen LogP) is 1.52. The third kappa shape index (κ3) is 1.99. The van der Waals surface area contributed by atoms with Crippen molar-refractivity contribution in [3.8, 4) is 0 Å². The number of rotatable bonds is 1. The largest absolute Gasteiger partial charge is 0.298 e. The number of alkyl halides is 4. The molecule has 0 nitrogen and oxygen atoms in total. The summed E-state index contributed by atoms with van der Waals surface area (Å²) >= 11 is 0. The van der Waals surface area contributed by atoms with Crippen LogP contribution in [-0.4, -0.2) is 12.8 Å². The first kappa shape index (κ1) is 2.82. The van der Waals surface area contributed by atoms with E-state index in [4.69, 9.17) is 2.74 Å². The van der Waals surface area contributed by atoms with E-state index in [1.807, 2.05) is 0 Å². The van der Waals surface area contributed by atoms with E-state index in [-0.39, 0.29) is 0 Å². The van der Waals surface area contributed by atoms with Gasteiger partial charge in [-0.25, -0.2) is 17.6 Å². The average Bonchev–Trinajstić information content (AvgIpc) is 1.25. The Kier molecular flexibility index (Phi) is 0.939. The molecular formula is C2H2F4. The lowest BCUT2D eigenvalue weighted by atomic mass is 10.8. The molecule has 4 heteroatoms. The molecule has 0 bridgehead atoms. The van der Waals surface area contributed by atoms with Gasteiger partial charge in [-0.2, -0.15) is 0 Å². The maximum absolute atomic E-state index is 11.0. The molecule has 0 amide bonds. The highest BCUT2D eigenvalue weighted by atomic mass is 19.3. The van der Waals surface area contributed by atoms with Crippen molar-refractivity contribution >= 4 is 0 Å². The molecule has 0 radical (unpaired) electrons. The lowest BCUT2D eigenvalue weighted by Gasteiger charge is -1.89. The minimum absolute atomic E-state index is 4.98. The average molecular weight is 104 g/mol. The molecule has 0 unspecified atom stereocenters. The maximum Gasteiger partial charge on any atom is 0.298 e. The summed E-state index contributed by atoms with van der Waals surface area (Å²) in [6, 6.07) is 0. The van der Waals surface area contributed by atoms with Gasteiger partial charge in [-0.1, -0.05) is 0 Å². The van der Waals surface area contributed by atoms with Crippen LogP contribution in [0.25, 0.3) is 0 Å². The molecule has 0 aromatic carbocycles. The molecule has 0 aromatic heterocycles. The molecule has 0 aromatic rings. The van der Waals surface area contributed by atoms with Crippen LogP contribution >= 0.6 is 0 Å². The van der Waals surface area contributed by atoms with Gasteiger partial charge in [-0.3, -0.25) is 0 Å². The second-order valence-corrected chi connectivity index (χ2v) is 0.521. The van der Waals surface area contributed by atoms with E-state index in [0.29, 0.717) is 0 Å². The van der Waals surface area contributed by atoms with Gasteiger partial charge in [0.2, 0.25) is 0 Å². The van der Waals surface area contributed by atoms with Crippen molar-refractivity contribution in [2.24, 2.45) is 0 Å². The van der Waals surface area contributed by atoms with Crippen LogP contribution in [0, 0.1) is 0 Å². The topological polar surface area (TPSA) is 0 Å². The fourth-order valence-corrected chi connectivity index (χ4v) is 0. The Labute approximate surface area is 34.6 Å². The van der Waals surface area contributed by atoms with Crippen molar-refractivity contribution in [3.63, 3.8) is 0 Å². The molecule has 0 fully saturated rings. The smallest absolute Gasteiger partial charge is 0.204 e. The van der Waals surface area contributed by atoms with Crippen LogP contribution in [0.1, 0.15) is 2.74 Å². The van der Waals surface area contributed by atoms with E-state index in [0.717, 1.165) is 0 Å². The standard InChI is InChI=1S/C2H2F4/c3-1(4)2(5)6/h1-2H/i1D,2D. The fourth-order valence-electron chi connectivity index (χ4n) is 0. The van der Waals surface area contributed by atoms with Gasteiger partial charge in [0, 0.05) is 0 Å². The Morgan fingerprint density at radius 2 is 1.17 bits per heavy atom. The Morgan fingerprint density at radius 1 is 1.00 bits per heavy atom. The second kappa shape index (κ2) is 2.00. The SMILES string of the molecule is [2H]C(F)(F)C([2H])(F)F. The van der Waals surface area contributed by atoms with E-state index in [1.54, 1.807) is 0 Å². The van der Waals surface area contributed by atoms with Crippen LogP contribution in [0.5, 0.6) is 0 Å². The van der Waals surface area contributed by atoms with Crippen molar-refractivity contribution in [3.05, 3.63) is 0 Å². The monoisotopic (exact) mass is 104 g/mol. The van der Waals surface area contributed by atoms with Crippen LogP contribution in [0.3, 0.4) is 0 Å². The number of hydrogen-bond acceptors (Lipinski definition) is 0. The predicted molar refractivity (Wildman–Crippen MR) is 12.0 cm³/mol. The highest BCUT2D eigenvalue weighted by Crippen LogP contribution is 2.04. The molecular weight excluding hydrogens is 100 g/mol. The van der Waals surface area contributed by atoms with Gasteiger partial charge in [0.25, 0.3) is 12.8 Å². The lowest BCUT2D eigenvalue weighted by molar-refractivity contribution is -0.0278. The minimum Gasteiger partial charge on any atom is -0.204 e. The molecule has 38 valence electrons. The van der Waals surface area contributed by atoms with E-state index < -0.39 is 12.8 Å². The van der Waals surface area contributed by atoms with Gasteiger partial charge in [0.15, 0.2) is 0 Å². The Balaban J connectivity index is 4.02. The van der Waals surface area contributed by atoms with E-state index in [2.05, 4.69) is 0 Å². The summed E-state index contributed by atoms with van der Waals surface area (Å²) in [4.78, 5) is 0. The molecule has 0 atom stereocenters. The van der Waals surface area contributed by atoms with E-state index in [9.17, 15) is 17.6 Å².